The lowest BCUT2D eigenvalue weighted by Crippen LogP contribution is -2.51. The first kappa shape index (κ1) is 23.3. The largest absolute Gasteiger partial charge is 0.366 e. The number of hydrogen-bond donors (Lipinski definition) is 0. The number of piperazine rings is 1. The number of fused-ring (bicyclic) bond motifs is 2. The molecule has 4 aromatic rings. The number of amides is 2. The van der Waals surface area contributed by atoms with Crippen LogP contribution in [0.25, 0.3) is 10.9 Å². The van der Waals surface area contributed by atoms with Crippen molar-refractivity contribution in [3.05, 3.63) is 101 Å². The molecule has 2 amide bonds. The van der Waals surface area contributed by atoms with E-state index in [-0.39, 0.29) is 30.2 Å². The van der Waals surface area contributed by atoms with E-state index >= 15 is 0 Å². The third kappa shape index (κ3) is 3.77. The molecule has 188 valence electrons. The van der Waals surface area contributed by atoms with E-state index in [2.05, 4.69) is 23.6 Å². The van der Waals surface area contributed by atoms with Crippen molar-refractivity contribution < 1.29 is 14.0 Å². The van der Waals surface area contributed by atoms with E-state index in [0.717, 1.165) is 27.7 Å². The number of aromatic nitrogens is 1. The Bertz CT molecular complexity index is 1520. The Morgan fingerprint density at radius 1 is 0.919 bits per heavy atom. The van der Waals surface area contributed by atoms with E-state index in [1.54, 1.807) is 21.9 Å². The maximum absolute atomic E-state index is 14.3. The molecule has 3 heterocycles. The lowest BCUT2D eigenvalue weighted by molar-refractivity contribution is -0.132. The molecule has 0 radical (unpaired) electrons. The summed E-state index contributed by atoms with van der Waals surface area (Å²) in [5.41, 5.74) is 5.38. The quantitative estimate of drug-likeness (QED) is 0.418. The molecule has 1 unspecified atom stereocenters. The number of nitrogens with zero attached hydrogens (tertiary/aromatic N) is 4. The Morgan fingerprint density at radius 2 is 1.59 bits per heavy atom. The van der Waals surface area contributed by atoms with Gasteiger partial charge in [-0.05, 0) is 36.8 Å². The van der Waals surface area contributed by atoms with Crippen LogP contribution in [0.3, 0.4) is 0 Å². The number of anilines is 1. The number of halogens is 1. The summed E-state index contributed by atoms with van der Waals surface area (Å²) < 4.78 is 16.4. The van der Waals surface area contributed by atoms with Crippen LogP contribution >= 0.6 is 0 Å². The Balaban J connectivity index is 1.29. The molecule has 6 rings (SSSR count). The maximum atomic E-state index is 14.3. The summed E-state index contributed by atoms with van der Waals surface area (Å²) in [4.78, 5) is 32.6. The average molecular weight is 497 g/mol. The molecule has 1 fully saturated rings. The molecular weight excluding hydrogens is 467 g/mol. The van der Waals surface area contributed by atoms with Gasteiger partial charge in [0.1, 0.15) is 12.4 Å². The fraction of sp³-hybridized carbons (Fsp3) is 0.267. The van der Waals surface area contributed by atoms with Crippen LogP contribution in [0.4, 0.5) is 10.1 Å². The van der Waals surface area contributed by atoms with Crippen molar-refractivity contribution in [2.45, 2.75) is 13.0 Å². The number of rotatable bonds is 4. The lowest BCUT2D eigenvalue weighted by Gasteiger charge is -2.37. The molecule has 2 aliphatic heterocycles. The monoisotopic (exact) mass is 496 g/mol. The van der Waals surface area contributed by atoms with Crippen LogP contribution in [0.2, 0.25) is 0 Å². The first-order valence-electron chi connectivity index (χ1n) is 12.7. The van der Waals surface area contributed by atoms with Crippen molar-refractivity contribution in [3.63, 3.8) is 0 Å². The minimum atomic E-state index is -0.335. The van der Waals surface area contributed by atoms with Crippen molar-refractivity contribution in [3.8, 4) is 0 Å². The summed E-state index contributed by atoms with van der Waals surface area (Å²) in [5, 5.41) is 1.09. The second kappa shape index (κ2) is 9.07. The van der Waals surface area contributed by atoms with Crippen LogP contribution in [0.5, 0.6) is 0 Å². The molecule has 0 aliphatic carbocycles. The van der Waals surface area contributed by atoms with Crippen molar-refractivity contribution in [1.82, 2.24) is 14.4 Å². The van der Waals surface area contributed by atoms with Crippen molar-refractivity contribution in [2.75, 3.05) is 37.6 Å². The molecule has 1 saturated heterocycles. The first-order chi connectivity index (χ1) is 18.0. The van der Waals surface area contributed by atoms with Crippen LogP contribution in [-0.2, 0) is 11.8 Å². The molecule has 0 N–H and O–H groups in total. The SMILES string of the molecule is Cc1c(C2c3ccccc3C(=O)N2CC(=O)N2CCN(c3ccccc3F)CC2)c2ccccc2n1C. The van der Waals surface area contributed by atoms with Gasteiger partial charge in [-0.15, -0.1) is 0 Å². The third-order valence-electron chi connectivity index (χ3n) is 7.91. The van der Waals surface area contributed by atoms with Gasteiger partial charge in [0.05, 0.1) is 11.7 Å². The highest BCUT2D eigenvalue weighted by atomic mass is 19.1. The lowest BCUT2D eigenvalue weighted by atomic mass is 9.95. The normalized spacial score (nSPS) is 17.5. The molecule has 7 heteroatoms. The molecule has 37 heavy (non-hydrogen) atoms. The van der Waals surface area contributed by atoms with E-state index in [9.17, 15) is 14.0 Å². The molecule has 3 aromatic carbocycles. The molecule has 1 atom stereocenters. The fourth-order valence-electron chi connectivity index (χ4n) is 5.89. The number of hydrogen-bond acceptors (Lipinski definition) is 3. The number of aryl methyl sites for hydroxylation is 1. The van der Waals surface area contributed by atoms with Gasteiger partial charge in [0.15, 0.2) is 0 Å². The minimum absolute atomic E-state index is 0.000535. The van der Waals surface area contributed by atoms with Crippen LogP contribution in [0, 0.1) is 12.7 Å². The van der Waals surface area contributed by atoms with Gasteiger partial charge in [-0.2, -0.15) is 0 Å². The summed E-state index contributed by atoms with van der Waals surface area (Å²) in [7, 11) is 2.04. The van der Waals surface area contributed by atoms with Crippen molar-refractivity contribution in [2.24, 2.45) is 7.05 Å². The summed E-state index contributed by atoms with van der Waals surface area (Å²) in [6, 6.07) is 22.3. The fourth-order valence-corrected chi connectivity index (χ4v) is 5.89. The smallest absolute Gasteiger partial charge is 0.255 e. The zero-order chi connectivity index (χ0) is 25.7. The summed E-state index contributed by atoms with van der Waals surface area (Å²) >= 11 is 0. The highest BCUT2D eigenvalue weighted by Gasteiger charge is 2.41. The van der Waals surface area contributed by atoms with E-state index < -0.39 is 0 Å². The molecule has 1 aromatic heterocycles. The molecule has 0 bridgehead atoms. The highest BCUT2D eigenvalue weighted by molar-refractivity contribution is 6.02. The number of carbonyl (C=O) groups excluding carboxylic acids is 2. The molecule has 0 spiro atoms. The Labute approximate surface area is 215 Å². The second-order valence-corrected chi connectivity index (χ2v) is 9.82. The van der Waals surface area contributed by atoms with Gasteiger partial charge >= 0.3 is 0 Å². The topological polar surface area (TPSA) is 48.8 Å². The van der Waals surface area contributed by atoms with E-state index in [0.29, 0.717) is 37.4 Å². The van der Waals surface area contributed by atoms with Crippen molar-refractivity contribution in [1.29, 1.82) is 0 Å². The van der Waals surface area contributed by atoms with Gasteiger partial charge < -0.3 is 19.3 Å². The Kier molecular flexibility index (Phi) is 5.71. The minimum Gasteiger partial charge on any atom is -0.366 e. The van der Waals surface area contributed by atoms with E-state index in [4.69, 9.17) is 0 Å². The molecular formula is C30H29FN4O2. The maximum Gasteiger partial charge on any atom is 0.255 e. The van der Waals surface area contributed by atoms with Crippen LogP contribution in [-0.4, -0.2) is 58.9 Å². The first-order valence-corrected chi connectivity index (χ1v) is 12.7. The highest BCUT2D eigenvalue weighted by Crippen LogP contribution is 2.43. The zero-order valence-corrected chi connectivity index (χ0v) is 21.0. The average Bonchev–Trinajstić information content (AvgIpc) is 3.34. The molecule has 0 saturated carbocycles. The number of para-hydroxylation sites is 2. The van der Waals surface area contributed by atoms with Crippen LogP contribution in [0.1, 0.15) is 33.2 Å². The molecule has 6 nitrogen and oxygen atoms in total. The standard InChI is InChI=1S/C30H29FN4O2/c1-20-28(23-11-5-7-13-25(23)32(20)2)29-21-9-3-4-10-22(21)30(37)35(29)19-27(36)34-17-15-33(16-18-34)26-14-8-6-12-24(26)31/h3-14,29H,15-19H2,1-2H3. The van der Waals surface area contributed by atoms with Gasteiger partial charge in [-0.25, -0.2) is 4.39 Å². The van der Waals surface area contributed by atoms with Crippen molar-refractivity contribution >= 4 is 28.4 Å². The van der Waals surface area contributed by atoms with Gasteiger partial charge in [-0.1, -0.05) is 48.5 Å². The summed E-state index contributed by atoms with van der Waals surface area (Å²) in [6.45, 7) is 4.14. The summed E-state index contributed by atoms with van der Waals surface area (Å²) in [6.07, 6.45) is 0. The predicted molar refractivity (Wildman–Crippen MR) is 142 cm³/mol. The summed E-state index contributed by atoms with van der Waals surface area (Å²) in [5.74, 6) is -0.459. The Hall–Kier alpha value is -4.13. The van der Waals surface area contributed by atoms with Crippen LogP contribution < -0.4 is 4.90 Å². The van der Waals surface area contributed by atoms with Gasteiger partial charge in [0.25, 0.3) is 5.91 Å². The number of benzene rings is 3. The molecule has 2 aliphatic rings. The number of carbonyl (C=O) groups is 2. The van der Waals surface area contributed by atoms with E-state index in [1.807, 2.05) is 54.4 Å². The van der Waals surface area contributed by atoms with Gasteiger partial charge in [-0.3, -0.25) is 9.59 Å². The second-order valence-electron chi connectivity index (χ2n) is 9.82. The third-order valence-corrected chi connectivity index (χ3v) is 7.91. The predicted octanol–water partition coefficient (Wildman–Crippen LogP) is 4.52. The Morgan fingerprint density at radius 3 is 2.38 bits per heavy atom. The zero-order valence-electron chi connectivity index (χ0n) is 21.0. The van der Waals surface area contributed by atoms with Gasteiger partial charge in [0.2, 0.25) is 5.91 Å². The van der Waals surface area contributed by atoms with E-state index in [1.165, 1.54) is 6.07 Å². The van der Waals surface area contributed by atoms with Crippen LogP contribution in [0.15, 0.2) is 72.8 Å². The van der Waals surface area contributed by atoms with Gasteiger partial charge in [0, 0.05) is 61.0 Å².